The highest BCUT2D eigenvalue weighted by Crippen LogP contribution is 1.93. The number of aryl methyl sites for hydroxylation is 1. The summed E-state index contributed by atoms with van der Waals surface area (Å²) < 4.78 is 6.96. The lowest BCUT2D eigenvalue weighted by atomic mass is 10.4. The molecule has 0 fully saturated rings. The summed E-state index contributed by atoms with van der Waals surface area (Å²) in [5.74, 6) is 1.12. The van der Waals surface area contributed by atoms with E-state index in [9.17, 15) is 0 Å². The third-order valence-electron chi connectivity index (χ3n) is 1.93. The van der Waals surface area contributed by atoms with Gasteiger partial charge in [-0.1, -0.05) is 0 Å². The number of nitrogens with zero attached hydrogens (tertiary/aromatic N) is 2. The number of methoxy groups -OCH3 is 1. The lowest BCUT2D eigenvalue weighted by Crippen LogP contribution is -2.22. The molecule has 13 heavy (non-hydrogen) atoms. The molecule has 4 heteroatoms. The average molecular weight is 183 g/mol. The largest absolute Gasteiger partial charge is 0.383 e. The topological polar surface area (TPSA) is 39.1 Å². The number of imidazole rings is 1. The fourth-order valence-corrected chi connectivity index (χ4v) is 1.14. The number of ether oxygens (including phenoxy) is 1. The second-order valence-corrected chi connectivity index (χ2v) is 2.95. The van der Waals surface area contributed by atoms with Gasteiger partial charge >= 0.3 is 0 Å². The van der Waals surface area contributed by atoms with Crippen molar-refractivity contribution in [1.29, 1.82) is 0 Å². The van der Waals surface area contributed by atoms with E-state index in [4.69, 9.17) is 4.74 Å². The molecule has 0 aromatic carbocycles. The number of rotatable bonds is 6. The first-order valence-corrected chi connectivity index (χ1v) is 4.50. The van der Waals surface area contributed by atoms with E-state index in [1.807, 2.05) is 24.0 Å². The van der Waals surface area contributed by atoms with Crippen molar-refractivity contribution in [3.8, 4) is 0 Å². The zero-order chi connectivity index (χ0) is 9.52. The quantitative estimate of drug-likeness (QED) is 0.640. The number of hydrogen-bond donors (Lipinski definition) is 1. The summed E-state index contributed by atoms with van der Waals surface area (Å²) in [4.78, 5) is 4.23. The zero-order valence-corrected chi connectivity index (χ0v) is 8.29. The van der Waals surface area contributed by atoms with Gasteiger partial charge in [0, 0.05) is 46.1 Å². The van der Waals surface area contributed by atoms with Gasteiger partial charge in [0.15, 0.2) is 0 Å². The number of nitrogens with one attached hydrogen (secondary N) is 1. The van der Waals surface area contributed by atoms with Crippen LogP contribution in [-0.4, -0.2) is 36.4 Å². The molecule has 0 saturated carbocycles. The molecule has 0 atom stereocenters. The second kappa shape index (κ2) is 5.72. The molecule has 0 aliphatic carbocycles. The van der Waals surface area contributed by atoms with Crippen molar-refractivity contribution in [2.24, 2.45) is 7.05 Å². The Morgan fingerprint density at radius 3 is 3.00 bits per heavy atom. The Balaban J connectivity index is 2.10. The van der Waals surface area contributed by atoms with E-state index >= 15 is 0 Å². The van der Waals surface area contributed by atoms with Crippen LogP contribution in [0.3, 0.4) is 0 Å². The SMILES string of the molecule is COCCNCCc1nccn1C. The first-order valence-electron chi connectivity index (χ1n) is 4.50. The maximum atomic E-state index is 4.92. The van der Waals surface area contributed by atoms with Crippen molar-refractivity contribution in [2.75, 3.05) is 26.8 Å². The maximum absolute atomic E-state index is 4.92. The van der Waals surface area contributed by atoms with Crippen LogP contribution in [0, 0.1) is 0 Å². The summed E-state index contributed by atoms with van der Waals surface area (Å²) in [6.07, 6.45) is 4.75. The van der Waals surface area contributed by atoms with Crippen molar-refractivity contribution in [3.05, 3.63) is 18.2 Å². The van der Waals surface area contributed by atoms with Gasteiger partial charge < -0.3 is 14.6 Å². The molecule has 1 rings (SSSR count). The van der Waals surface area contributed by atoms with Gasteiger partial charge in [0.2, 0.25) is 0 Å². The van der Waals surface area contributed by atoms with E-state index in [2.05, 4.69) is 10.3 Å². The molecule has 0 saturated heterocycles. The van der Waals surface area contributed by atoms with Crippen molar-refractivity contribution in [2.45, 2.75) is 6.42 Å². The van der Waals surface area contributed by atoms with Crippen LogP contribution in [-0.2, 0) is 18.2 Å². The van der Waals surface area contributed by atoms with Gasteiger partial charge in [-0.05, 0) is 0 Å². The minimum atomic E-state index is 0.764. The molecular formula is C9H17N3O. The molecule has 0 bridgehead atoms. The van der Waals surface area contributed by atoms with Crippen molar-refractivity contribution >= 4 is 0 Å². The molecule has 4 nitrogen and oxygen atoms in total. The molecule has 1 heterocycles. The Labute approximate surface area is 78.9 Å². The normalized spacial score (nSPS) is 10.6. The van der Waals surface area contributed by atoms with E-state index < -0.39 is 0 Å². The maximum Gasteiger partial charge on any atom is 0.109 e. The molecule has 74 valence electrons. The van der Waals surface area contributed by atoms with Crippen LogP contribution >= 0.6 is 0 Å². The fourth-order valence-electron chi connectivity index (χ4n) is 1.14. The lowest BCUT2D eigenvalue weighted by Gasteiger charge is -2.03. The Kier molecular flexibility index (Phi) is 4.49. The Bertz CT molecular complexity index is 235. The van der Waals surface area contributed by atoms with E-state index in [0.717, 1.165) is 31.9 Å². The molecule has 1 aromatic heterocycles. The Morgan fingerprint density at radius 1 is 1.54 bits per heavy atom. The third-order valence-corrected chi connectivity index (χ3v) is 1.93. The van der Waals surface area contributed by atoms with Crippen LogP contribution in [0.2, 0.25) is 0 Å². The summed E-state index contributed by atoms with van der Waals surface area (Å²) in [5.41, 5.74) is 0. The van der Waals surface area contributed by atoms with Crippen molar-refractivity contribution in [3.63, 3.8) is 0 Å². The summed E-state index contributed by atoms with van der Waals surface area (Å²) in [5, 5.41) is 3.27. The summed E-state index contributed by atoms with van der Waals surface area (Å²) in [6, 6.07) is 0. The summed E-state index contributed by atoms with van der Waals surface area (Å²) >= 11 is 0. The van der Waals surface area contributed by atoms with Crippen LogP contribution in [0.15, 0.2) is 12.4 Å². The van der Waals surface area contributed by atoms with Crippen LogP contribution < -0.4 is 5.32 Å². The lowest BCUT2D eigenvalue weighted by molar-refractivity contribution is 0.199. The highest BCUT2D eigenvalue weighted by molar-refractivity contribution is 4.91. The monoisotopic (exact) mass is 183 g/mol. The van der Waals surface area contributed by atoms with Crippen LogP contribution in [0.4, 0.5) is 0 Å². The number of hydrogen-bond acceptors (Lipinski definition) is 3. The predicted octanol–water partition coefficient (Wildman–Crippen LogP) is 0.199. The van der Waals surface area contributed by atoms with E-state index in [-0.39, 0.29) is 0 Å². The molecule has 0 aliphatic rings. The Hall–Kier alpha value is -0.870. The van der Waals surface area contributed by atoms with Crippen LogP contribution in [0.5, 0.6) is 0 Å². The molecule has 1 aromatic rings. The van der Waals surface area contributed by atoms with Gasteiger partial charge in [-0.2, -0.15) is 0 Å². The third kappa shape index (κ3) is 3.57. The van der Waals surface area contributed by atoms with Gasteiger partial charge in [0.05, 0.1) is 6.61 Å². The van der Waals surface area contributed by atoms with Crippen LogP contribution in [0.1, 0.15) is 5.82 Å². The standard InChI is InChI=1S/C9H17N3O/c1-12-7-5-11-9(12)3-4-10-6-8-13-2/h5,7,10H,3-4,6,8H2,1-2H3. The highest BCUT2D eigenvalue weighted by Gasteiger charge is 1.97. The van der Waals surface area contributed by atoms with Gasteiger partial charge in [0.1, 0.15) is 5.82 Å². The van der Waals surface area contributed by atoms with Gasteiger partial charge in [-0.15, -0.1) is 0 Å². The minimum Gasteiger partial charge on any atom is -0.383 e. The molecule has 0 spiro atoms. The molecule has 0 unspecified atom stereocenters. The highest BCUT2D eigenvalue weighted by atomic mass is 16.5. The van der Waals surface area contributed by atoms with E-state index in [0.29, 0.717) is 0 Å². The molecule has 1 N–H and O–H groups in total. The first kappa shape index (κ1) is 10.2. The van der Waals surface area contributed by atoms with Gasteiger partial charge in [-0.3, -0.25) is 0 Å². The molecule has 0 amide bonds. The van der Waals surface area contributed by atoms with E-state index in [1.54, 1.807) is 7.11 Å². The summed E-state index contributed by atoms with van der Waals surface area (Å²) in [6.45, 7) is 2.62. The average Bonchev–Trinajstić information content (AvgIpc) is 2.52. The zero-order valence-electron chi connectivity index (χ0n) is 8.29. The van der Waals surface area contributed by atoms with Crippen molar-refractivity contribution < 1.29 is 4.74 Å². The second-order valence-electron chi connectivity index (χ2n) is 2.95. The molecular weight excluding hydrogens is 166 g/mol. The van der Waals surface area contributed by atoms with Gasteiger partial charge in [0.25, 0.3) is 0 Å². The first-order chi connectivity index (χ1) is 6.34. The minimum absolute atomic E-state index is 0.764. The predicted molar refractivity (Wildman–Crippen MR) is 51.7 cm³/mol. The molecule has 0 aliphatic heterocycles. The van der Waals surface area contributed by atoms with Crippen molar-refractivity contribution in [1.82, 2.24) is 14.9 Å². The summed E-state index contributed by atoms with van der Waals surface area (Å²) in [7, 11) is 3.72. The van der Waals surface area contributed by atoms with Crippen LogP contribution in [0.25, 0.3) is 0 Å². The number of aromatic nitrogens is 2. The van der Waals surface area contributed by atoms with E-state index in [1.165, 1.54) is 0 Å². The molecule has 0 radical (unpaired) electrons. The fraction of sp³-hybridized carbons (Fsp3) is 0.667. The van der Waals surface area contributed by atoms with Gasteiger partial charge in [-0.25, -0.2) is 4.98 Å². The smallest absolute Gasteiger partial charge is 0.109 e. The Morgan fingerprint density at radius 2 is 2.38 bits per heavy atom.